The molecule has 0 saturated carbocycles. The van der Waals surface area contributed by atoms with E-state index in [0.29, 0.717) is 25.5 Å². The predicted molar refractivity (Wildman–Crippen MR) is 74.5 cm³/mol. The van der Waals surface area contributed by atoms with Crippen molar-refractivity contribution in [3.8, 4) is 0 Å². The zero-order valence-corrected chi connectivity index (χ0v) is 12.0. The molecule has 1 fully saturated rings. The minimum absolute atomic E-state index is 0.158. The molecule has 1 aliphatic rings. The Hall–Kier alpha value is -1.14. The molecule has 1 aliphatic heterocycles. The maximum Gasteiger partial charge on any atom is 0.306 e. The largest absolute Gasteiger partial charge is 0.466 e. The molecule has 5 nitrogen and oxygen atoms in total. The van der Waals surface area contributed by atoms with Crippen molar-refractivity contribution < 1.29 is 14.3 Å². The normalized spacial score (nSPS) is 16.3. The van der Waals surface area contributed by atoms with Crippen molar-refractivity contribution in [2.75, 3.05) is 25.1 Å². The van der Waals surface area contributed by atoms with Gasteiger partial charge < -0.3 is 14.8 Å². The van der Waals surface area contributed by atoms with E-state index in [1.807, 2.05) is 12.3 Å². The van der Waals surface area contributed by atoms with E-state index < -0.39 is 0 Å². The Bertz CT molecular complexity index is 402. The van der Waals surface area contributed by atoms with E-state index in [0.717, 1.165) is 36.9 Å². The number of nitrogens with one attached hydrogen (secondary N) is 1. The third kappa shape index (κ3) is 4.80. The minimum Gasteiger partial charge on any atom is -0.466 e. The zero-order chi connectivity index (χ0) is 13.5. The second kappa shape index (κ2) is 7.45. The summed E-state index contributed by atoms with van der Waals surface area (Å²) in [6.07, 6.45) is 3.09. The van der Waals surface area contributed by atoms with Crippen molar-refractivity contribution in [2.45, 2.75) is 38.6 Å². The average molecular weight is 284 g/mol. The molecule has 0 aliphatic carbocycles. The molecule has 19 heavy (non-hydrogen) atoms. The van der Waals surface area contributed by atoms with Crippen molar-refractivity contribution >= 4 is 22.4 Å². The Morgan fingerprint density at radius 2 is 2.37 bits per heavy atom. The van der Waals surface area contributed by atoms with Crippen LogP contribution < -0.4 is 5.32 Å². The molecular formula is C13H20N2O3S. The first-order valence-electron chi connectivity index (χ1n) is 6.72. The summed E-state index contributed by atoms with van der Waals surface area (Å²) in [5.41, 5.74) is 0.951. The predicted octanol–water partition coefficient (Wildman–Crippen LogP) is 2.23. The second-order valence-electron chi connectivity index (χ2n) is 4.48. The topological polar surface area (TPSA) is 60.5 Å². The number of ether oxygens (including phenoxy) is 2. The van der Waals surface area contributed by atoms with Crippen LogP contribution >= 0.6 is 11.3 Å². The first kappa shape index (κ1) is 14.3. The van der Waals surface area contributed by atoms with Crippen LogP contribution in [-0.2, 0) is 20.7 Å². The van der Waals surface area contributed by atoms with Crippen LogP contribution in [0.2, 0.25) is 0 Å². The van der Waals surface area contributed by atoms with E-state index >= 15 is 0 Å². The number of nitrogens with zero attached hydrogens (tertiary/aromatic N) is 1. The van der Waals surface area contributed by atoms with Gasteiger partial charge in [0.1, 0.15) is 0 Å². The van der Waals surface area contributed by atoms with E-state index in [1.54, 1.807) is 11.3 Å². The molecule has 6 heteroatoms. The van der Waals surface area contributed by atoms with E-state index in [-0.39, 0.29) is 5.97 Å². The van der Waals surface area contributed by atoms with E-state index in [4.69, 9.17) is 9.47 Å². The number of carbonyl (C=O) groups excluding carboxylic acids is 1. The summed E-state index contributed by atoms with van der Waals surface area (Å²) in [5, 5.41) is 6.36. The van der Waals surface area contributed by atoms with Gasteiger partial charge >= 0.3 is 5.97 Å². The summed E-state index contributed by atoms with van der Waals surface area (Å²) in [6.45, 7) is 3.89. The van der Waals surface area contributed by atoms with Gasteiger partial charge in [-0.15, -0.1) is 11.3 Å². The molecule has 0 amide bonds. The van der Waals surface area contributed by atoms with Crippen LogP contribution in [0.25, 0.3) is 0 Å². The average Bonchev–Trinajstić information content (AvgIpc) is 2.86. The quantitative estimate of drug-likeness (QED) is 0.812. The number of anilines is 1. The Balaban J connectivity index is 1.76. The number of carbonyl (C=O) groups is 1. The van der Waals surface area contributed by atoms with Crippen LogP contribution in [0.5, 0.6) is 0 Å². The van der Waals surface area contributed by atoms with Crippen molar-refractivity contribution in [3.63, 3.8) is 0 Å². The lowest BCUT2D eigenvalue weighted by Gasteiger charge is -2.22. The number of hydrogen-bond acceptors (Lipinski definition) is 6. The molecule has 1 N–H and O–H groups in total. The van der Waals surface area contributed by atoms with Crippen LogP contribution in [0.4, 0.5) is 5.13 Å². The smallest absolute Gasteiger partial charge is 0.306 e. The van der Waals surface area contributed by atoms with Gasteiger partial charge in [0.25, 0.3) is 0 Å². The number of rotatable bonds is 6. The fourth-order valence-electron chi connectivity index (χ4n) is 1.97. The molecule has 1 saturated heterocycles. The molecule has 0 spiro atoms. The lowest BCUT2D eigenvalue weighted by atomic mass is 10.1. The number of esters is 1. The van der Waals surface area contributed by atoms with Crippen molar-refractivity contribution in [3.05, 3.63) is 11.1 Å². The third-order valence-corrected chi connectivity index (χ3v) is 3.81. The SMILES string of the molecule is CCOC(=O)CCc1csc(NC2CCOCC2)n1. The molecule has 0 unspecified atom stereocenters. The highest BCUT2D eigenvalue weighted by Crippen LogP contribution is 2.20. The van der Waals surface area contributed by atoms with Crippen LogP contribution in [0, 0.1) is 0 Å². The monoisotopic (exact) mass is 284 g/mol. The Kier molecular flexibility index (Phi) is 5.60. The molecule has 0 bridgehead atoms. The van der Waals surface area contributed by atoms with Crippen LogP contribution in [0.3, 0.4) is 0 Å². The van der Waals surface area contributed by atoms with Gasteiger partial charge in [0.05, 0.1) is 18.7 Å². The fraction of sp³-hybridized carbons (Fsp3) is 0.692. The lowest BCUT2D eigenvalue weighted by molar-refractivity contribution is -0.143. The van der Waals surface area contributed by atoms with E-state index in [2.05, 4.69) is 10.3 Å². The van der Waals surface area contributed by atoms with Crippen LogP contribution in [0.1, 0.15) is 31.9 Å². The van der Waals surface area contributed by atoms with Gasteiger partial charge in [-0.3, -0.25) is 4.79 Å². The van der Waals surface area contributed by atoms with Crippen molar-refractivity contribution in [2.24, 2.45) is 0 Å². The number of aryl methyl sites for hydroxylation is 1. The van der Waals surface area contributed by atoms with Crippen LogP contribution in [-0.4, -0.2) is 36.8 Å². The maximum atomic E-state index is 11.3. The molecule has 2 rings (SSSR count). The van der Waals surface area contributed by atoms with Gasteiger partial charge in [0.15, 0.2) is 5.13 Å². The Morgan fingerprint density at radius 3 is 3.11 bits per heavy atom. The third-order valence-electron chi connectivity index (χ3n) is 2.99. The molecule has 106 valence electrons. The number of aromatic nitrogens is 1. The molecule has 2 heterocycles. The first-order valence-corrected chi connectivity index (χ1v) is 7.60. The van der Waals surface area contributed by atoms with Crippen molar-refractivity contribution in [1.29, 1.82) is 0 Å². The minimum atomic E-state index is -0.158. The molecule has 1 aromatic heterocycles. The van der Waals surface area contributed by atoms with E-state index in [1.165, 1.54) is 0 Å². The molecule has 0 atom stereocenters. The van der Waals surface area contributed by atoms with Gasteiger partial charge in [-0.05, 0) is 19.8 Å². The van der Waals surface area contributed by atoms with E-state index in [9.17, 15) is 4.79 Å². The summed E-state index contributed by atoms with van der Waals surface area (Å²) in [5.74, 6) is -0.158. The summed E-state index contributed by atoms with van der Waals surface area (Å²) < 4.78 is 10.2. The molecule has 0 radical (unpaired) electrons. The highest BCUT2D eigenvalue weighted by molar-refractivity contribution is 7.13. The standard InChI is InChI=1S/C13H20N2O3S/c1-2-18-12(16)4-3-11-9-19-13(15-11)14-10-5-7-17-8-6-10/h9-10H,2-8H2,1H3,(H,14,15). The fourth-order valence-corrected chi connectivity index (χ4v) is 2.79. The second-order valence-corrected chi connectivity index (χ2v) is 5.34. The number of thiazole rings is 1. The summed E-state index contributed by atoms with van der Waals surface area (Å²) in [4.78, 5) is 15.8. The van der Waals surface area contributed by atoms with Gasteiger partial charge in [0.2, 0.25) is 0 Å². The summed E-state index contributed by atoms with van der Waals surface area (Å²) in [6, 6.07) is 0.456. The first-order chi connectivity index (χ1) is 9.28. The highest BCUT2D eigenvalue weighted by Gasteiger charge is 2.15. The molecule has 1 aromatic rings. The van der Waals surface area contributed by atoms with Gasteiger partial charge in [-0.2, -0.15) is 0 Å². The van der Waals surface area contributed by atoms with Gasteiger partial charge in [-0.1, -0.05) is 0 Å². The molecule has 0 aromatic carbocycles. The van der Waals surface area contributed by atoms with Crippen molar-refractivity contribution in [1.82, 2.24) is 4.98 Å². The lowest BCUT2D eigenvalue weighted by Crippen LogP contribution is -2.27. The Labute approximate surface area is 117 Å². The Morgan fingerprint density at radius 1 is 1.58 bits per heavy atom. The summed E-state index contributed by atoms with van der Waals surface area (Å²) >= 11 is 1.59. The zero-order valence-electron chi connectivity index (χ0n) is 11.2. The van der Waals surface area contributed by atoms with Crippen LogP contribution in [0.15, 0.2) is 5.38 Å². The number of hydrogen-bond donors (Lipinski definition) is 1. The molecular weight excluding hydrogens is 264 g/mol. The summed E-state index contributed by atoms with van der Waals surface area (Å²) in [7, 11) is 0. The maximum absolute atomic E-state index is 11.3. The van der Waals surface area contributed by atoms with Gasteiger partial charge in [0, 0.05) is 31.1 Å². The van der Waals surface area contributed by atoms with Gasteiger partial charge in [-0.25, -0.2) is 4.98 Å². The highest BCUT2D eigenvalue weighted by atomic mass is 32.1.